The number of aliphatic hydroxyl groups is 1. The van der Waals surface area contributed by atoms with Crippen LogP contribution in [0.3, 0.4) is 0 Å². The predicted molar refractivity (Wildman–Crippen MR) is 24.7 cm³/mol. The van der Waals surface area contributed by atoms with Gasteiger partial charge in [-0.15, -0.1) is 0 Å². The van der Waals surface area contributed by atoms with Crippen molar-refractivity contribution in [2.45, 2.75) is 18.8 Å². The molecule has 4 nitrogen and oxygen atoms in total. The lowest BCUT2D eigenvalue weighted by molar-refractivity contribution is -0.154. The monoisotopic (exact) mass is 117 g/mol. The number of carbonyl (C=O) groups is 1. The van der Waals surface area contributed by atoms with E-state index in [0.29, 0.717) is 0 Å². The Morgan fingerprint density at radius 2 is 2.50 bits per heavy atom. The first-order valence-corrected chi connectivity index (χ1v) is 2.33. The lowest BCUT2D eigenvalue weighted by Gasteiger charge is -2.02. The third kappa shape index (κ3) is 0.801. The average Bonchev–Trinajstić information content (AvgIpc) is 1.85. The van der Waals surface area contributed by atoms with Crippen molar-refractivity contribution in [2.24, 2.45) is 5.73 Å². The first-order chi connectivity index (χ1) is 3.70. The highest BCUT2D eigenvalue weighted by Crippen LogP contribution is 2.08. The number of ether oxygens (including phenoxy) is 1. The van der Waals surface area contributed by atoms with Crippen LogP contribution in [0.4, 0.5) is 0 Å². The summed E-state index contributed by atoms with van der Waals surface area (Å²) in [5.41, 5.74) is 5.17. The van der Waals surface area contributed by atoms with Crippen molar-refractivity contribution in [1.29, 1.82) is 0 Å². The standard InChI is InChI=1S/C4H7NO3/c5-2-1-3(6)8-4(2)7/h2,4,7H,1,5H2/t2-,4-/m1/s1. The molecule has 46 valence electrons. The second-order valence-electron chi connectivity index (χ2n) is 1.75. The van der Waals surface area contributed by atoms with Crippen LogP contribution in [-0.4, -0.2) is 23.4 Å². The first kappa shape index (κ1) is 5.53. The van der Waals surface area contributed by atoms with E-state index in [-0.39, 0.29) is 6.42 Å². The third-order valence-electron chi connectivity index (χ3n) is 1.02. The predicted octanol–water partition coefficient (Wildman–Crippen LogP) is -1.42. The Morgan fingerprint density at radius 3 is 2.62 bits per heavy atom. The van der Waals surface area contributed by atoms with Gasteiger partial charge in [0.15, 0.2) is 0 Å². The summed E-state index contributed by atoms with van der Waals surface area (Å²) < 4.78 is 4.27. The fraction of sp³-hybridized carbons (Fsp3) is 0.750. The van der Waals surface area contributed by atoms with Crippen LogP contribution in [0.1, 0.15) is 6.42 Å². The van der Waals surface area contributed by atoms with E-state index in [4.69, 9.17) is 10.8 Å². The molecule has 0 saturated carbocycles. The van der Waals surface area contributed by atoms with Gasteiger partial charge in [0.25, 0.3) is 0 Å². The summed E-state index contributed by atoms with van der Waals surface area (Å²) in [5.74, 6) is -0.426. The Kier molecular flexibility index (Phi) is 1.19. The zero-order valence-electron chi connectivity index (χ0n) is 4.20. The molecular formula is C4H7NO3. The highest BCUT2D eigenvalue weighted by Gasteiger charge is 2.29. The van der Waals surface area contributed by atoms with Crippen molar-refractivity contribution >= 4 is 5.97 Å². The molecule has 0 aliphatic carbocycles. The lowest BCUT2D eigenvalue weighted by atomic mass is 10.3. The second kappa shape index (κ2) is 1.72. The Labute approximate surface area is 46.2 Å². The molecule has 0 amide bonds. The molecule has 0 spiro atoms. The number of cyclic esters (lactones) is 1. The molecule has 0 radical (unpaired) electrons. The fourth-order valence-corrected chi connectivity index (χ4v) is 0.563. The van der Waals surface area contributed by atoms with Gasteiger partial charge in [-0.05, 0) is 0 Å². The SMILES string of the molecule is N[C@@H]1CC(=O)O[C@H]1O. The largest absolute Gasteiger partial charge is 0.434 e. The highest BCUT2D eigenvalue weighted by molar-refractivity contribution is 5.72. The van der Waals surface area contributed by atoms with Crippen molar-refractivity contribution in [1.82, 2.24) is 0 Å². The highest BCUT2D eigenvalue weighted by atomic mass is 16.6. The van der Waals surface area contributed by atoms with Crippen molar-refractivity contribution in [2.75, 3.05) is 0 Å². The average molecular weight is 117 g/mol. The summed E-state index contributed by atoms with van der Waals surface area (Å²) >= 11 is 0. The summed E-state index contributed by atoms with van der Waals surface area (Å²) in [5, 5.41) is 8.60. The molecule has 0 aromatic carbocycles. The zero-order valence-corrected chi connectivity index (χ0v) is 4.20. The van der Waals surface area contributed by atoms with Gasteiger partial charge < -0.3 is 15.6 Å². The van der Waals surface area contributed by atoms with Crippen LogP contribution in [0.15, 0.2) is 0 Å². The smallest absolute Gasteiger partial charge is 0.309 e. The van der Waals surface area contributed by atoms with Crippen molar-refractivity contribution in [3.8, 4) is 0 Å². The van der Waals surface area contributed by atoms with Gasteiger partial charge in [0.2, 0.25) is 6.29 Å². The number of hydrogen-bond acceptors (Lipinski definition) is 4. The molecule has 1 fully saturated rings. The Morgan fingerprint density at radius 1 is 1.88 bits per heavy atom. The van der Waals surface area contributed by atoms with Crippen molar-refractivity contribution < 1.29 is 14.6 Å². The van der Waals surface area contributed by atoms with E-state index >= 15 is 0 Å². The minimum absolute atomic E-state index is 0.126. The quantitative estimate of drug-likeness (QED) is 0.382. The maximum Gasteiger partial charge on any atom is 0.309 e. The van der Waals surface area contributed by atoms with Crippen molar-refractivity contribution in [3.05, 3.63) is 0 Å². The molecule has 0 aromatic rings. The Balaban J connectivity index is 2.51. The molecule has 8 heavy (non-hydrogen) atoms. The molecule has 4 heteroatoms. The van der Waals surface area contributed by atoms with Crippen LogP contribution in [0.2, 0.25) is 0 Å². The van der Waals surface area contributed by atoms with Crippen LogP contribution in [0.5, 0.6) is 0 Å². The van der Waals surface area contributed by atoms with Gasteiger partial charge in [0.05, 0.1) is 12.5 Å². The van der Waals surface area contributed by atoms with Gasteiger partial charge in [-0.2, -0.15) is 0 Å². The number of rotatable bonds is 0. The third-order valence-corrected chi connectivity index (χ3v) is 1.02. The van der Waals surface area contributed by atoms with Crippen LogP contribution in [0, 0.1) is 0 Å². The van der Waals surface area contributed by atoms with Gasteiger partial charge in [-0.1, -0.05) is 0 Å². The molecule has 0 bridgehead atoms. The number of esters is 1. The topological polar surface area (TPSA) is 72.6 Å². The van der Waals surface area contributed by atoms with Crippen LogP contribution >= 0.6 is 0 Å². The minimum atomic E-state index is -1.08. The molecule has 1 saturated heterocycles. The molecular weight excluding hydrogens is 110 g/mol. The van der Waals surface area contributed by atoms with E-state index in [1.807, 2.05) is 0 Å². The molecule has 0 aromatic heterocycles. The van der Waals surface area contributed by atoms with E-state index in [1.165, 1.54) is 0 Å². The Bertz CT molecular complexity index is 102. The number of hydrogen-bond donors (Lipinski definition) is 2. The molecule has 3 N–H and O–H groups in total. The number of carbonyl (C=O) groups excluding carboxylic acids is 1. The second-order valence-corrected chi connectivity index (χ2v) is 1.75. The van der Waals surface area contributed by atoms with E-state index in [9.17, 15) is 4.79 Å². The number of aliphatic hydroxyl groups excluding tert-OH is 1. The summed E-state index contributed by atoms with van der Waals surface area (Å²) in [7, 11) is 0. The zero-order chi connectivity index (χ0) is 6.15. The van der Waals surface area contributed by atoms with E-state index < -0.39 is 18.3 Å². The van der Waals surface area contributed by atoms with Crippen LogP contribution in [-0.2, 0) is 9.53 Å². The van der Waals surface area contributed by atoms with Gasteiger partial charge in [-0.3, -0.25) is 4.79 Å². The first-order valence-electron chi connectivity index (χ1n) is 2.33. The Hall–Kier alpha value is -0.610. The molecule has 1 rings (SSSR count). The normalized spacial score (nSPS) is 37.5. The maximum atomic E-state index is 10.2. The van der Waals surface area contributed by atoms with Gasteiger partial charge in [0.1, 0.15) is 0 Å². The van der Waals surface area contributed by atoms with Crippen LogP contribution in [0.25, 0.3) is 0 Å². The summed E-state index contributed by atoms with van der Waals surface area (Å²) in [6.45, 7) is 0. The molecule has 1 aliphatic rings. The van der Waals surface area contributed by atoms with E-state index in [2.05, 4.69) is 4.74 Å². The van der Waals surface area contributed by atoms with Gasteiger partial charge >= 0.3 is 5.97 Å². The number of nitrogens with two attached hydrogens (primary N) is 1. The van der Waals surface area contributed by atoms with Gasteiger partial charge in [-0.25, -0.2) is 0 Å². The molecule has 2 atom stereocenters. The summed E-state index contributed by atoms with van der Waals surface area (Å²) in [4.78, 5) is 10.2. The molecule has 1 aliphatic heterocycles. The van der Waals surface area contributed by atoms with Crippen LogP contribution < -0.4 is 5.73 Å². The molecule has 0 unspecified atom stereocenters. The lowest BCUT2D eigenvalue weighted by Crippen LogP contribution is -2.29. The minimum Gasteiger partial charge on any atom is -0.434 e. The summed E-state index contributed by atoms with van der Waals surface area (Å²) in [6.07, 6.45) is -0.955. The van der Waals surface area contributed by atoms with E-state index in [0.717, 1.165) is 0 Å². The molecule has 1 heterocycles. The van der Waals surface area contributed by atoms with E-state index in [1.54, 1.807) is 0 Å². The fourth-order valence-electron chi connectivity index (χ4n) is 0.563. The maximum absolute atomic E-state index is 10.2. The van der Waals surface area contributed by atoms with Crippen molar-refractivity contribution in [3.63, 3.8) is 0 Å². The summed E-state index contributed by atoms with van der Waals surface area (Å²) in [6, 6.07) is -0.525. The van der Waals surface area contributed by atoms with Gasteiger partial charge in [0, 0.05) is 0 Å².